The molecule has 30 heavy (non-hydrogen) atoms. The van der Waals surface area contributed by atoms with Crippen molar-refractivity contribution in [2.45, 2.75) is 48.3 Å². The number of carbonyl (C=O) groups is 1. The highest BCUT2D eigenvalue weighted by Gasteiger charge is 2.25. The number of rotatable bonds is 5. The normalized spacial score (nSPS) is 17.5. The third-order valence-electron chi connectivity index (χ3n) is 5.16. The maximum Gasteiger partial charge on any atom is 0.238 e. The van der Waals surface area contributed by atoms with Crippen molar-refractivity contribution < 1.29 is 13.2 Å². The Balaban J connectivity index is 1.52. The van der Waals surface area contributed by atoms with Gasteiger partial charge in [0.05, 0.1) is 10.1 Å². The smallest absolute Gasteiger partial charge is 0.238 e. The molecule has 2 heterocycles. The van der Waals surface area contributed by atoms with Crippen molar-refractivity contribution in [1.29, 1.82) is 0 Å². The molecule has 0 spiro atoms. The van der Waals surface area contributed by atoms with Crippen LogP contribution in [0.15, 0.2) is 40.5 Å². The molecule has 7 nitrogen and oxygen atoms in total. The summed E-state index contributed by atoms with van der Waals surface area (Å²) >= 11 is 3.15. The van der Waals surface area contributed by atoms with E-state index in [9.17, 15) is 13.2 Å². The Hall–Kier alpha value is -2.01. The van der Waals surface area contributed by atoms with Gasteiger partial charge in [0, 0.05) is 16.0 Å². The van der Waals surface area contributed by atoms with Gasteiger partial charge in [0.15, 0.2) is 0 Å². The fourth-order valence-corrected chi connectivity index (χ4v) is 6.41. The quantitative estimate of drug-likeness (QED) is 0.442. The highest BCUT2D eigenvalue weighted by molar-refractivity contribution is 8.00. The lowest BCUT2D eigenvalue weighted by Gasteiger charge is -2.18. The Morgan fingerprint density at radius 2 is 2.03 bits per heavy atom. The maximum absolute atomic E-state index is 12.7. The van der Waals surface area contributed by atoms with Crippen molar-refractivity contribution in [1.82, 2.24) is 9.97 Å². The first kappa shape index (κ1) is 21.2. The second-order valence-corrected chi connectivity index (χ2v) is 11.5. The van der Waals surface area contributed by atoms with Crippen LogP contribution in [0.5, 0.6) is 0 Å². The van der Waals surface area contributed by atoms with E-state index < -0.39 is 10.0 Å². The molecule has 2 atom stereocenters. The van der Waals surface area contributed by atoms with Crippen LogP contribution in [0.4, 0.5) is 5.69 Å². The number of hydrogen-bond donors (Lipinski definition) is 2. The van der Waals surface area contributed by atoms with Gasteiger partial charge in [-0.1, -0.05) is 18.7 Å². The topological polar surface area (TPSA) is 115 Å². The molecule has 4 rings (SSSR count). The lowest BCUT2D eigenvalue weighted by Crippen LogP contribution is -2.22. The van der Waals surface area contributed by atoms with Crippen LogP contribution < -0.4 is 10.5 Å². The van der Waals surface area contributed by atoms with Crippen LogP contribution in [0.1, 0.15) is 30.7 Å². The van der Waals surface area contributed by atoms with Crippen LogP contribution in [0.3, 0.4) is 0 Å². The van der Waals surface area contributed by atoms with E-state index in [0.29, 0.717) is 11.6 Å². The SMILES string of the molecule is C[C@@H]1CCc2c(sc3ncnc(S[C@@H](C)C(=O)Nc4ccc(S(N)(=O)=O)cc4)c23)C1. The molecule has 0 radical (unpaired) electrons. The highest BCUT2D eigenvalue weighted by Crippen LogP contribution is 2.41. The van der Waals surface area contributed by atoms with Crippen LogP contribution in [0.25, 0.3) is 10.2 Å². The first-order valence-electron chi connectivity index (χ1n) is 9.58. The zero-order valence-electron chi connectivity index (χ0n) is 16.6. The van der Waals surface area contributed by atoms with Gasteiger partial charge in [0.2, 0.25) is 15.9 Å². The average Bonchev–Trinajstić information content (AvgIpc) is 3.06. The molecule has 0 unspecified atom stereocenters. The largest absolute Gasteiger partial charge is 0.325 e. The number of thiophene rings is 1. The van der Waals surface area contributed by atoms with Gasteiger partial charge in [-0.05, 0) is 61.9 Å². The van der Waals surface area contributed by atoms with E-state index in [1.807, 2.05) is 6.92 Å². The number of anilines is 1. The van der Waals surface area contributed by atoms with Gasteiger partial charge in [-0.3, -0.25) is 4.79 Å². The zero-order valence-corrected chi connectivity index (χ0v) is 19.0. The summed E-state index contributed by atoms with van der Waals surface area (Å²) < 4.78 is 22.7. The molecule has 1 aliphatic carbocycles. The van der Waals surface area contributed by atoms with Gasteiger partial charge in [-0.15, -0.1) is 11.3 Å². The molecule has 158 valence electrons. The van der Waals surface area contributed by atoms with Crippen LogP contribution in [0, 0.1) is 5.92 Å². The van der Waals surface area contributed by atoms with Gasteiger partial charge >= 0.3 is 0 Å². The number of carbonyl (C=O) groups excluding carboxylic acids is 1. The average molecular weight is 463 g/mol. The van der Waals surface area contributed by atoms with E-state index >= 15 is 0 Å². The Bertz CT molecular complexity index is 1210. The van der Waals surface area contributed by atoms with Gasteiger partial charge in [0.1, 0.15) is 16.2 Å². The number of thioether (sulfide) groups is 1. The number of amides is 1. The third-order valence-corrected chi connectivity index (χ3v) is 8.36. The number of nitrogens with two attached hydrogens (primary N) is 1. The van der Waals surface area contributed by atoms with Crippen molar-refractivity contribution in [2.24, 2.45) is 11.1 Å². The molecular formula is C20H22N4O3S3. The standard InChI is InChI=1S/C20H22N4O3S3/c1-11-3-8-15-16(9-11)29-20-17(15)19(22-10-23-20)28-12(2)18(25)24-13-4-6-14(7-5-13)30(21,26)27/h4-7,10-12H,3,8-9H2,1-2H3,(H,24,25)(H2,21,26,27)/t11-,12+/m1/s1. The number of fused-ring (bicyclic) bond motifs is 3. The van der Waals surface area contributed by atoms with E-state index in [0.717, 1.165) is 34.5 Å². The molecule has 0 aliphatic heterocycles. The van der Waals surface area contributed by atoms with Crippen LogP contribution >= 0.6 is 23.1 Å². The predicted molar refractivity (Wildman–Crippen MR) is 120 cm³/mol. The molecule has 3 aromatic rings. The Morgan fingerprint density at radius 3 is 2.73 bits per heavy atom. The minimum absolute atomic E-state index is 0.00264. The lowest BCUT2D eigenvalue weighted by atomic mass is 9.89. The van der Waals surface area contributed by atoms with Crippen molar-refractivity contribution >= 4 is 54.9 Å². The Kier molecular flexibility index (Phi) is 5.84. The second kappa shape index (κ2) is 8.26. The molecule has 3 N–H and O–H groups in total. The van der Waals surface area contributed by atoms with E-state index in [-0.39, 0.29) is 16.1 Å². The van der Waals surface area contributed by atoms with Gasteiger partial charge in [-0.2, -0.15) is 0 Å². The Morgan fingerprint density at radius 1 is 1.30 bits per heavy atom. The number of primary sulfonamides is 1. The molecule has 1 aromatic carbocycles. The zero-order chi connectivity index (χ0) is 21.5. The molecule has 0 fully saturated rings. The summed E-state index contributed by atoms with van der Waals surface area (Å²) in [6.45, 7) is 4.10. The summed E-state index contributed by atoms with van der Waals surface area (Å²) in [5, 5.41) is 9.45. The predicted octanol–water partition coefficient (Wildman–Crippen LogP) is 3.58. The number of nitrogens with one attached hydrogen (secondary N) is 1. The molecule has 0 saturated carbocycles. The molecule has 0 saturated heterocycles. The molecule has 1 amide bonds. The van der Waals surface area contributed by atoms with Crippen molar-refractivity contribution in [3.63, 3.8) is 0 Å². The summed E-state index contributed by atoms with van der Waals surface area (Å²) in [5.74, 6) is 0.493. The molecule has 10 heteroatoms. The second-order valence-electron chi connectivity index (χ2n) is 7.53. The fourth-order valence-electron chi connectivity index (χ4n) is 3.53. The fraction of sp³-hybridized carbons (Fsp3) is 0.350. The van der Waals surface area contributed by atoms with Crippen molar-refractivity contribution in [3.8, 4) is 0 Å². The van der Waals surface area contributed by atoms with Gasteiger partial charge < -0.3 is 5.32 Å². The minimum Gasteiger partial charge on any atom is -0.325 e. The van der Waals surface area contributed by atoms with E-state index in [1.165, 1.54) is 46.5 Å². The first-order valence-corrected chi connectivity index (χ1v) is 12.8. The number of aromatic nitrogens is 2. The number of nitrogens with zero attached hydrogens (tertiary/aromatic N) is 2. The molecular weight excluding hydrogens is 440 g/mol. The van der Waals surface area contributed by atoms with Crippen molar-refractivity contribution in [3.05, 3.63) is 41.0 Å². The molecule has 1 aliphatic rings. The lowest BCUT2D eigenvalue weighted by molar-refractivity contribution is -0.115. The number of hydrogen-bond acceptors (Lipinski definition) is 7. The molecule has 2 aromatic heterocycles. The van der Waals surface area contributed by atoms with Crippen LogP contribution in [-0.4, -0.2) is 29.5 Å². The number of benzene rings is 1. The monoisotopic (exact) mass is 462 g/mol. The van der Waals surface area contributed by atoms with Gasteiger partial charge in [0.25, 0.3) is 0 Å². The number of sulfonamides is 1. The highest BCUT2D eigenvalue weighted by atomic mass is 32.2. The summed E-state index contributed by atoms with van der Waals surface area (Å²) in [6, 6.07) is 5.79. The third kappa shape index (κ3) is 4.36. The van der Waals surface area contributed by atoms with Crippen LogP contribution in [0.2, 0.25) is 0 Å². The van der Waals surface area contributed by atoms with Gasteiger partial charge in [-0.25, -0.2) is 23.5 Å². The maximum atomic E-state index is 12.7. The summed E-state index contributed by atoms with van der Waals surface area (Å²) in [7, 11) is -3.76. The van der Waals surface area contributed by atoms with E-state index in [1.54, 1.807) is 17.7 Å². The Labute approximate surface area is 183 Å². The van der Waals surface area contributed by atoms with Crippen molar-refractivity contribution in [2.75, 3.05) is 5.32 Å². The number of aryl methyl sites for hydroxylation is 1. The summed E-state index contributed by atoms with van der Waals surface area (Å²) in [4.78, 5) is 24.0. The van der Waals surface area contributed by atoms with E-state index in [4.69, 9.17) is 5.14 Å². The van der Waals surface area contributed by atoms with Crippen LogP contribution in [-0.2, 0) is 27.7 Å². The molecule has 0 bridgehead atoms. The first-order chi connectivity index (χ1) is 14.2. The van der Waals surface area contributed by atoms with E-state index in [2.05, 4.69) is 22.2 Å². The summed E-state index contributed by atoms with van der Waals surface area (Å²) in [6.07, 6.45) is 4.81. The minimum atomic E-state index is -3.76. The summed E-state index contributed by atoms with van der Waals surface area (Å²) in [5.41, 5.74) is 1.84.